The van der Waals surface area contributed by atoms with Gasteiger partial charge in [-0.3, -0.25) is 28.5 Å². The highest BCUT2D eigenvalue weighted by atomic mass is 32.2. The average Bonchev–Trinajstić information content (AvgIpc) is 3.37. The normalized spacial score (nSPS) is 17.0. The van der Waals surface area contributed by atoms with Crippen LogP contribution in [0.4, 0.5) is 11.5 Å². The van der Waals surface area contributed by atoms with E-state index in [0.29, 0.717) is 46.3 Å². The highest BCUT2D eigenvalue weighted by molar-refractivity contribution is 8.27. The summed E-state index contributed by atoms with van der Waals surface area (Å²) < 4.78 is 5.18. The van der Waals surface area contributed by atoms with Gasteiger partial charge in [0.25, 0.3) is 17.0 Å². The lowest BCUT2D eigenvalue weighted by atomic mass is 9.97. The summed E-state index contributed by atoms with van der Waals surface area (Å²) in [5.41, 5.74) is 2.12. The molecule has 1 amide bonds. The lowest BCUT2D eigenvalue weighted by Crippen LogP contribution is -2.39. The molecular weight excluding hydrogens is 569 g/mol. The molecule has 9 nitrogen and oxygen atoms in total. The monoisotopic (exact) mass is 602 g/mol. The van der Waals surface area contributed by atoms with Gasteiger partial charge >= 0.3 is 0 Å². The number of rotatable bonds is 6. The zero-order chi connectivity index (χ0) is 30.3. The third-order valence-corrected chi connectivity index (χ3v) is 9.50. The molecule has 0 N–H and O–H groups in total. The number of nitriles is 1. The average molecular weight is 603 g/mol. The van der Waals surface area contributed by atoms with Gasteiger partial charge in [-0.25, -0.2) is 4.68 Å². The van der Waals surface area contributed by atoms with Gasteiger partial charge in [-0.1, -0.05) is 56.0 Å². The third kappa shape index (κ3) is 4.92. The Balaban J connectivity index is 1.66. The van der Waals surface area contributed by atoms with Crippen molar-refractivity contribution in [2.45, 2.75) is 53.5 Å². The molecule has 1 aromatic carbocycles. The summed E-state index contributed by atoms with van der Waals surface area (Å²) in [7, 11) is 1.77. The van der Waals surface area contributed by atoms with Crippen LogP contribution in [0.2, 0.25) is 0 Å². The molecule has 2 saturated heterocycles. The Morgan fingerprint density at radius 1 is 1.10 bits per heavy atom. The molecule has 0 unspecified atom stereocenters. The van der Waals surface area contributed by atoms with Crippen LogP contribution < -0.4 is 20.9 Å². The van der Waals surface area contributed by atoms with Crippen LogP contribution in [0.15, 0.2) is 44.8 Å². The minimum Gasteiger partial charge on any atom is -0.357 e. The van der Waals surface area contributed by atoms with Crippen LogP contribution in [0.3, 0.4) is 0 Å². The molecule has 0 bridgehead atoms. The molecule has 2 fully saturated rings. The molecule has 2 aliphatic rings. The van der Waals surface area contributed by atoms with Crippen molar-refractivity contribution in [2.24, 2.45) is 13.0 Å². The van der Waals surface area contributed by atoms with Crippen LogP contribution in [0.25, 0.3) is 11.8 Å². The van der Waals surface area contributed by atoms with Crippen LogP contribution in [-0.4, -0.2) is 37.2 Å². The highest BCUT2D eigenvalue weighted by Gasteiger charge is 2.38. The van der Waals surface area contributed by atoms with Crippen molar-refractivity contribution < 1.29 is 4.79 Å². The van der Waals surface area contributed by atoms with Crippen LogP contribution in [-0.2, 0) is 18.4 Å². The zero-order valence-electron chi connectivity index (χ0n) is 24.5. The molecule has 218 valence electrons. The van der Waals surface area contributed by atoms with Crippen molar-refractivity contribution in [1.29, 1.82) is 5.26 Å². The number of thiocarbonyl (C=S) groups is 1. The van der Waals surface area contributed by atoms with Crippen LogP contribution in [0.1, 0.15) is 55.5 Å². The molecule has 2 aliphatic heterocycles. The number of amides is 1. The summed E-state index contributed by atoms with van der Waals surface area (Å²) >= 11 is 6.80. The summed E-state index contributed by atoms with van der Waals surface area (Å²) in [6.07, 6.45) is 4.44. The second-order valence-electron chi connectivity index (χ2n) is 10.9. The predicted molar refractivity (Wildman–Crippen MR) is 172 cm³/mol. The highest BCUT2D eigenvalue weighted by Crippen LogP contribution is 2.39. The second-order valence-corrected chi connectivity index (χ2v) is 12.6. The largest absolute Gasteiger partial charge is 0.357 e. The Morgan fingerprint density at radius 2 is 1.76 bits per heavy atom. The van der Waals surface area contributed by atoms with E-state index < -0.39 is 5.91 Å². The lowest BCUT2D eigenvalue weighted by molar-refractivity contribution is -0.113. The molecule has 3 aromatic rings. The van der Waals surface area contributed by atoms with Crippen LogP contribution in [0, 0.1) is 31.1 Å². The lowest BCUT2D eigenvalue weighted by Gasteiger charge is -2.35. The van der Waals surface area contributed by atoms with Gasteiger partial charge in [0.1, 0.15) is 23.1 Å². The fourth-order valence-electron chi connectivity index (χ4n) is 5.74. The number of nitrogens with zero attached hydrogens (tertiary/aromatic N) is 6. The molecule has 0 atom stereocenters. The first-order chi connectivity index (χ1) is 20.1. The van der Waals surface area contributed by atoms with Crippen LogP contribution in [0.5, 0.6) is 0 Å². The Hall–Kier alpha value is -3.88. The van der Waals surface area contributed by atoms with Gasteiger partial charge in [0.15, 0.2) is 4.32 Å². The fraction of sp³-hybridized carbons (Fsp3) is 0.387. The molecule has 0 spiro atoms. The van der Waals surface area contributed by atoms with E-state index in [2.05, 4.69) is 17.9 Å². The summed E-state index contributed by atoms with van der Waals surface area (Å²) in [5.74, 6) is 0.916. The number of hydrogen-bond acceptors (Lipinski definition) is 7. The van der Waals surface area contributed by atoms with E-state index in [-0.39, 0.29) is 26.7 Å². The first-order valence-corrected chi connectivity index (χ1v) is 15.4. The van der Waals surface area contributed by atoms with Gasteiger partial charge in [0.05, 0.1) is 16.3 Å². The first-order valence-electron chi connectivity index (χ1n) is 14.1. The van der Waals surface area contributed by atoms with E-state index in [1.165, 1.54) is 9.58 Å². The number of hydrogen-bond donors (Lipinski definition) is 0. The van der Waals surface area contributed by atoms with Gasteiger partial charge in [0.2, 0.25) is 0 Å². The van der Waals surface area contributed by atoms with Crippen molar-refractivity contribution in [3.8, 4) is 11.8 Å². The number of piperidine rings is 1. The summed E-state index contributed by atoms with van der Waals surface area (Å²) in [6, 6.07) is 11.3. The van der Waals surface area contributed by atoms with Crippen molar-refractivity contribution >= 4 is 51.8 Å². The van der Waals surface area contributed by atoms with E-state index in [1.807, 2.05) is 37.3 Å². The van der Waals surface area contributed by atoms with E-state index in [4.69, 9.17) is 12.2 Å². The summed E-state index contributed by atoms with van der Waals surface area (Å²) in [6.45, 7) is 9.79. The van der Waals surface area contributed by atoms with Gasteiger partial charge in [-0.15, -0.1) is 0 Å². The molecule has 4 heterocycles. The van der Waals surface area contributed by atoms with Gasteiger partial charge < -0.3 is 4.90 Å². The Kier molecular flexibility index (Phi) is 8.30. The molecule has 0 saturated carbocycles. The number of aromatic nitrogens is 3. The Labute approximate surface area is 254 Å². The number of carbonyl (C=O) groups excluding carboxylic acids is 1. The van der Waals surface area contributed by atoms with E-state index >= 15 is 0 Å². The number of anilines is 2. The fourth-order valence-corrected chi connectivity index (χ4v) is 6.99. The number of para-hydroxylation sites is 1. The zero-order valence-corrected chi connectivity index (χ0v) is 26.1. The third-order valence-electron chi connectivity index (χ3n) is 8.19. The molecule has 0 radical (unpaired) electrons. The quantitative estimate of drug-likeness (QED) is 0.293. The van der Waals surface area contributed by atoms with Gasteiger partial charge in [-0.05, 0) is 62.8 Å². The Morgan fingerprint density at radius 3 is 2.38 bits per heavy atom. The van der Waals surface area contributed by atoms with Crippen LogP contribution >= 0.6 is 24.0 Å². The SMILES string of the molecule is CCCn1c(N2CCC(C)CC2)c(C=C2SC(=S)N(c3c(C)n(C)n(-c4ccccc4)c3=O)C2=O)c(C)c(C#N)c1=O. The van der Waals surface area contributed by atoms with E-state index in [1.54, 1.807) is 36.2 Å². The molecule has 0 aliphatic carbocycles. The minimum atomic E-state index is -0.402. The Bertz CT molecular complexity index is 1770. The number of pyridine rings is 1. The topological polar surface area (TPSA) is 96.3 Å². The van der Waals surface area contributed by atoms with E-state index in [0.717, 1.165) is 43.5 Å². The van der Waals surface area contributed by atoms with Gasteiger partial charge in [-0.2, -0.15) is 5.26 Å². The first kappa shape index (κ1) is 29.6. The number of benzene rings is 1. The maximum atomic E-state index is 14.0. The van der Waals surface area contributed by atoms with E-state index in [9.17, 15) is 19.6 Å². The van der Waals surface area contributed by atoms with Crippen molar-refractivity contribution in [3.63, 3.8) is 0 Å². The minimum absolute atomic E-state index is 0.0731. The molecule has 5 rings (SSSR count). The number of thioether (sulfide) groups is 1. The van der Waals surface area contributed by atoms with Crippen molar-refractivity contribution in [1.82, 2.24) is 13.9 Å². The standard InChI is InChI=1S/C31H34N6O3S2/c1-6-14-35-27(34-15-12-19(2)13-16-34)23(20(3)24(18-32)28(35)38)17-25-29(39)36(31(41)42-25)26-21(4)33(5)37(30(26)40)22-10-8-7-9-11-22/h7-11,17,19H,6,12-16H2,1-5H3. The van der Waals surface area contributed by atoms with Gasteiger partial charge in [0, 0.05) is 32.2 Å². The van der Waals surface area contributed by atoms with Crippen molar-refractivity contribution in [3.05, 3.63) is 78.3 Å². The van der Waals surface area contributed by atoms with Crippen molar-refractivity contribution in [2.75, 3.05) is 22.9 Å². The predicted octanol–water partition coefficient (Wildman–Crippen LogP) is 4.88. The number of carbonyl (C=O) groups is 1. The molecule has 42 heavy (non-hydrogen) atoms. The molecule has 11 heteroatoms. The molecule has 2 aromatic heterocycles. The summed E-state index contributed by atoms with van der Waals surface area (Å²) in [4.78, 5) is 45.0. The summed E-state index contributed by atoms with van der Waals surface area (Å²) in [5, 5.41) is 9.94. The second kappa shape index (κ2) is 11.8. The maximum Gasteiger partial charge on any atom is 0.296 e. The maximum absolute atomic E-state index is 14.0. The smallest absolute Gasteiger partial charge is 0.296 e. The molecular formula is C31H34N6O3S2.